The van der Waals surface area contributed by atoms with Gasteiger partial charge in [-0.3, -0.25) is 9.69 Å². The maximum Gasteiger partial charge on any atom is 0.222 e. The first-order valence-electron chi connectivity index (χ1n) is 11.8. The summed E-state index contributed by atoms with van der Waals surface area (Å²) in [6.45, 7) is 10.7. The summed E-state index contributed by atoms with van der Waals surface area (Å²) in [4.78, 5) is 21.1. The van der Waals surface area contributed by atoms with Crippen LogP contribution in [0.2, 0.25) is 0 Å². The Morgan fingerprint density at radius 3 is 2.52 bits per heavy atom. The number of halogens is 1. The molecule has 2 heterocycles. The van der Waals surface area contributed by atoms with Crippen molar-refractivity contribution < 1.29 is 4.79 Å². The summed E-state index contributed by atoms with van der Waals surface area (Å²) in [5.41, 5.74) is 2.38. The van der Waals surface area contributed by atoms with Gasteiger partial charge in [0.05, 0.1) is 6.54 Å². The van der Waals surface area contributed by atoms with Gasteiger partial charge in [0.15, 0.2) is 5.96 Å². The minimum Gasteiger partial charge on any atom is -0.357 e. The molecule has 1 aromatic carbocycles. The molecular formula is C24H40IN5O. The number of carbonyl (C=O) groups is 1. The van der Waals surface area contributed by atoms with Gasteiger partial charge in [-0.25, -0.2) is 4.99 Å². The van der Waals surface area contributed by atoms with Gasteiger partial charge in [-0.1, -0.05) is 37.6 Å². The van der Waals surface area contributed by atoms with E-state index in [2.05, 4.69) is 53.6 Å². The Balaban J connectivity index is 0.00000341. The van der Waals surface area contributed by atoms with Crippen LogP contribution in [0.1, 0.15) is 63.5 Å². The van der Waals surface area contributed by atoms with Gasteiger partial charge in [0, 0.05) is 45.2 Å². The molecule has 1 aromatic rings. The van der Waals surface area contributed by atoms with Gasteiger partial charge in [-0.2, -0.15) is 0 Å². The number of amides is 1. The van der Waals surface area contributed by atoms with E-state index in [1.54, 1.807) is 0 Å². The molecule has 0 spiro atoms. The van der Waals surface area contributed by atoms with Crippen LogP contribution in [0.3, 0.4) is 0 Å². The fourth-order valence-corrected chi connectivity index (χ4v) is 4.49. The van der Waals surface area contributed by atoms with Crippen molar-refractivity contribution in [2.45, 2.75) is 71.5 Å². The first-order valence-corrected chi connectivity index (χ1v) is 11.8. The minimum atomic E-state index is 0. The Bertz CT molecular complexity index is 694. The lowest BCUT2D eigenvalue weighted by Crippen LogP contribution is -2.45. The normalized spacial score (nSPS) is 19.9. The van der Waals surface area contributed by atoms with Gasteiger partial charge in [0.25, 0.3) is 0 Å². The molecule has 7 heteroatoms. The fraction of sp³-hybridized carbons (Fsp3) is 0.667. The van der Waals surface area contributed by atoms with Crippen molar-refractivity contribution in [2.75, 3.05) is 32.7 Å². The van der Waals surface area contributed by atoms with Crippen molar-refractivity contribution in [3.05, 3.63) is 35.4 Å². The van der Waals surface area contributed by atoms with E-state index in [1.807, 2.05) is 4.90 Å². The summed E-state index contributed by atoms with van der Waals surface area (Å²) >= 11 is 0. The molecule has 0 aliphatic carbocycles. The third kappa shape index (κ3) is 8.25. The van der Waals surface area contributed by atoms with Crippen LogP contribution in [-0.2, 0) is 17.9 Å². The Labute approximate surface area is 205 Å². The number of nitrogens with zero attached hydrogens (tertiary/aromatic N) is 3. The number of benzene rings is 1. The fourth-order valence-electron chi connectivity index (χ4n) is 4.49. The van der Waals surface area contributed by atoms with Crippen LogP contribution in [-0.4, -0.2) is 60.4 Å². The molecule has 2 fully saturated rings. The SMILES string of the molecule is CCNC(=NCc1ccc(CN2CCCC2=O)cc1)NCCN1CCCCC1CC.I. The van der Waals surface area contributed by atoms with Gasteiger partial charge in [-0.05, 0) is 50.3 Å². The number of hydrogen-bond donors (Lipinski definition) is 2. The molecule has 2 saturated heterocycles. The second-order valence-electron chi connectivity index (χ2n) is 8.45. The van der Waals surface area contributed by atoms with Crippen LogP contribution in [0, 0.1) is 0 Å². The molecular weight excluding hydrogens is 501 g/mol. The van der Waals surface area contributed by atoms with Crippen LogP contribution in [0.5, 0.6) is 0 Å². The minimum absolute atomic E-state index is 0. The zero-order valence-electron chi connectivity index (χ0n) is 19.2. The van der Waals surface area contributed by atoms with Crippen LogP contribution in [0.4, 0.5) is 0 Å². The molecule has 6 nitrogen and oxygen atoms in total. The van der Waals surface area contributed by atoms with Crippen molar-refractivity contribution >= 4 is 35.8 Å². The molecule has 0 aromatic heterocycles. The summed E-state index contributed by atoms with van der Waals surface area (Å²) in [7, 11) is 0. The van der Waals surface area contributed by atoms with Crippen molar-refractivity contribution in [1.29, 1.82) is 0 Å². The number of piperidine rings is 1. The lowest BCUT2D eigenvalue weighted by molar-refractivity contribution is -0.128. The molecule has 0 bridgehead atoms. The molecule has 174 valence electrons. The molecule has 1 unspecified atom stereocenters. The number of rotatable bonds is 9. The van der Waals surface area contributed by atoms with Crippen LogP contribution in [0.15, 0.2) is 29.3 Å². The Kier molecular flexibility index (Phi) is 11.6. The number of carbonyl (C=O) groups excluding carboxylic acids is 1. The van der Waals surface area contributed by atoms with E-state index < -0.39 is 0 Å². The summed E-state index contributed by atoms with van der Waals surface area (Å²) in [5, 5.41) is 6.86. The highest BCUT2D eigenvalue weighted by Gasteiger charge is 2.20. The predicted octanol–water partition coefficient (Wildman–Crippen LogP) is 3.75. The molecule has 0 saturated carbocycles. The zero-order chi connectivity index (χ0) is 21.2. The smallest absolute Gasteiger partial charge is 0.222 e. The summed E-state index contributed by atoms with van der Waals surface area (Å²) in [6, 6.07) is 9.25. The number of guanidine groups is 1. The van der Waals surface area contributed by atoms with Gasteiger partial charge < -0.3 is 15.5 Å². The second kappa shape index (κ2) is 13.9. The number of likely N-dealkylation sites (tertiary alicyclic amines) is 2. The van der Waals surface area contributed by atoms with Crippen molar-refractivity contribution in [3.63, 3.8) is 0 Å². The van der Waals surface area contributed by atoms with Crippen LogP contribution < -0.4 is 10.6 Å². The highest BCUT2D eigenvalue weighted by atomic mass is 127. The topological polar surface area (TPSA) is 60.0 Å². The van der Waals surface area contributed by atoms with Crippen LogP contribution in [0.25, 0.3) is 0 Å². The Morgan fingerprint density at radius 2 is 1.84 bits per heavy atom. The molecule has 2 N–H and O–H groups in total. The van der Waals surface area contributed by atoms with E-state index in [0.717, 1.165) is 51.1 Å². The zero-order valence-corrected chi connectivity index (χ0v) is 21.6. The average molecular weight is 542 g/mol. The lowest BCUT2D eigenvalue weighted by atomic mass is 10.0. The predicted molar refractivity (Wildman–Crippen MR) is 139 cm³/mol. The molecule has 2 aliphatic heterocycles. The highest BCUT2D eigenvalue weighted by molar-refractivity contribution is 14.0. The largest absolute Gasteiger partial charge is 0.357 e. The van der Waals surface area contributed by atoms with E-state index in [9.17, 15) is 4.79 Å². The number of aliphatic imine (C=N–C) groups is 1. The monoisotopic (exact) mass is 541 g/mol. The third-order valence-corrected chi connectivity index (χ3v) is 6.24. The van der Waals surface area contributed by atoms with E-state index in [-0.39, 0.29) is 29.9 Å². The average Bonchev–Trinajstić information content (AvgIpc) is 3.17. The Hall–Kier alpha value is -1.35. The van der Waals surface area contributed by atoms with Crippen LogP contribution >= 0.6 is 24.0 Å². The first kappa shape index (κ1) is 25.9. The third-order valence-electron chi connectivity index (χ3n) is 6.24. The lowest BCUT2D eigenvalue weighted by Gasteiger charge is -2.35. The van der Waals surface area contributed by atoms with Gasteiger partial charge >= 0.3 is 0 Å². The number of nitrogens with one attached hydrogen (secondary N) is 2. The van der Waals surface area contributed by atoms with Gasteiger partial charge in [-0.15, -0.1) is 24.0 Å². The molecule has 3 rings (SSSR count). The van der Waals surface area contributed by atoms with E-state index in [4.69, 9.17) is 4.99 Å². The molecule has 1 amide bonds. The summed E-state index contributed by atoms with van der Waals surface area (Å²) < 4.78 is 0. The standard InChI is InChI=1S/C24H39N5O.HI/c1-3-22-8-5-6-15-28(22)17-14-26-24(25-4-2)27-18-20-10-12-21(13-11-20)19-29-16-7-9-23(29)30;/h10-13,22H,3-9,14-19H2,1-2H3,(H2,25,26,27);1H. The maximum atomic E-state index is 11.8. The Morgan fingerprint density at radius 1 is 1.06 bits per heavy atom. The van der Waals surface area contributed by atoms with Gasteiger partial charge in [0.2, 0.25) is 5.91 Å². The molecule has 31 heavy (non-hydrogen) atoms. The summed E-state index contributed by atoms with van der Waals surface area (Å²) in [5.74, 6) is 1.16. The van der Waals surface area contributed by atoms with Crippen molar-refractivity contribution in [1.82, 2.24) is 20.4 Å². The van der Waals surface area contributed by atoms with Crippen molar-refractivity contribution in [2.24, 2.45) is 4.99 Å². The first-order chi connectivity index (χ1) is 14.7. The van der Waals surface area contributed by atoms with E-state index in [1.165, 1.54) is 43.4 Å². The number of hydrogen-bond acceptors (Lipinski definition) is 3. The quantitative estimate of drug-likeness (QED) is 0.284. The van der Waals surface area contributed by atoms with Gasteiger partial charge in [0.1, 0.15) is 0 Å². The molecule has 1 atom stereocenters. The highest BCUT2D eigenvalue weighted by Crippen LogP contribution is 2.18. The maximum absolute atomic E-state index is 11.8. The molecule has 2 aliphatic rings. The van der Waals surface area contributed by atoms with E-state index >= 15 is 0 Å². The van der Waals surface area contributed by atoms with Crippen molar-refractivity contribution in [3.8, 4) is 0 Å². The van der Waals surface area contributed by atoms with E-state index in [0.29, 0.717) is 13.0 Å². The molecule has 0 radical (unpaired) electrons. The summed E-state index contributed by atoms with van der Waals surface area (Å²) in [6.07, 6.45) is 6.97. The second-order valence-corrected chi connectivity index (χ2v) is 8.45.